The Hall–Kier alpha value is -2.60. The van der Waals surface area contributed by atoms with Crippen molar-refractivity contribution in [2.24, 2.45) is 0 Å². The summed E-state index contributed by atoms with van der Waals surface area (Å²) in [5, 5.41) is 13.2. The minimum absolute atomic E-state index is 0.0710. The van der Waals surface area contributed by atoms with Gasteiger partial charge in [0.05, 0.1) is 19.6 Å². The minimum Gasteiger partial charge on any atom is -0.497 e. The van der Waals surface area contributed by atoms with E-state index in [1.807, 2.05) is 36.4 Å². The summed E-state index contributed by atoms with van der Waals surface area (Å²) in [6, 6.07) is 11.5. The average Bonchev–Trinajstić information content (AvgIpc) is 2.62. The molecule has 1 atom stereocenters. The van der Waals surface area contributed by atoms with Crippen molar-refractivity contribution in [2.75, 3.05) is 26.9 Å². The zero-order valence-electron chi connectivity index (χ0n) is 13.7. The van der Waals surface area contributed by atoms with E-state index in [0.29, 0.717) is 0 Å². The maximum atomic E-state index is 12.2. The van der Waals surface area contributed by atoms with Crippen LogP contribution in [-0.2, 0) is 14.3 Å². The number of esters is 1. The predicted molar refractivity (Wildman–Crippen MR) is 90.0 cm³/mol. The van der Waals surface area contributed by atoms with Crippen molar-refractivity contribution < 1.29 is 24.2 Å². The van der Waals surface area contributed by atoms with Gasteiger partial charge in [0, 0.05) is 0 Å². The monoisotopic (exact) mass is 331 g/mol. The molecule has 0 fully saturated rings. The van der Waals surface area contributed by atoms with Gasteiger partial charge in [-0.25, -0.2) is 0 Å². The highest BCUT2D eigenvalue weighted by atomic mass is 16.5. The van der Waals surface area contributed by atoms with Crippen molar-refractivity contribution >= 4 is 22.6 Å². The third kappa shape index (κ3) is 4.45. The van der Waals surface area contributed by atoms with Crippen LogP contribution in [0.15, 0.2) is 36.4 Å². The van der Waals surface area contributed by atoms with Crippen LogP contribution in [0.3, 0.4) is 0 Å². The number of carbonyl (C=O) groups is 2. The number of amides is 1. The summed E-state index contributed by atoms with van der Waals surface area (Å²) in [6.45, 7) is 1.25. The van der Waals surface area contributed by atoms with Crippen LogP contribution in [0.1, 0.15) is 18.4 Å². The van der Waals surface area contributed by atoms with Crippen molar-refractivity contribution in [3.05, 3.63) is 42.0 Å². The molecule has 2 rings (SSSR count). The van der Waals surface area contributed by atoms with Crippen molar-refractivity contribution in [1.29, 1.82) is 0 Å². The molecule has 0 radical (unpaired) electrons. The number of rotatable bonds is 7. The molecule has 0 saturated heterocycles. The molecule has 128 valence electrons. The highest BCUT2D eigenvalue weighted by molar-refractivity contribution is 5.89. The van der Waals surface area contributed by atoms with E-state index in [2.05, 4.69) is 5.32 Å². The van der Waals surface area contributed by atoms with Gasteiger partial charge in [0.25, 0.3) is 0 Å². The lowest BCUT2D eigenvalue weighted by atomic mass is 9.97. The van der Waals surface area contributed by atoms with Crippen LogP contribution in [0, 0.1) is 0 Å². The standard InChI is InChI=1S/C18H21NO5/c1-12(18(22)19-11-17(21)24-8-7-20)13-3-4-15-10-16(23-2)6-5-14(15)9-13/h3-6,9-10,12,20H,7-8,11H2,1-2H3,(H,19,22). The van der Waals surface area contributed by atoms with E-state index in [-0.39, 0.29) is 25.7 Å². The maximum Gasteiger partial charge on any atom is 0.325 e. The molecule has 0 aliphatic rings. The molecule has 0 aromatic heterocycles. The number of aliphatic hydroxyl groups is 1. The quantitative estimate of drug-likeness (QED) is 0.753. The van der Waals surface area contributed by atoms with E-state index in [4.69, 9.17) is 14.6 Å². The first kappa shape index (κ1) is 17.7. The van der Waals surface area contributed by atoms with Gasteiger partial charge in [0.1, 0.15) is 18.9 Å². The SMILES string of the molecule is COc1ccc2cc(C(C)C(=O)NCC(=O)OCCO)ccc2c1. The van der Waals surface area contributed by atoms with E-state index in [0.717, 1.165) is 22.1 Å². The largest absolute Gasteiger partial charge is 0.497 e. The molecule has 24 heavy (non-hydrogen) atoms. The van der Waals surface area contributed by atoms with E-state index >= 15 is 0 Å². The number of hydrogen-bond acceptors (Lipinski definition) is 5. The number of nitrogens with one attached hydrogen (secondary N) is 1. The van der Waals surface area contributed by atoms with E-state index < -0.39 is 11.9 Å². The molecule has 2 aromatic carbocycles. The van der Waals surface area contributed by atoms with Crippen molar-refractivity contribution in [1.82, 2.24) is 5.32 Å². The number of hydrogen-bond donors (Lipinski definition) is 2. The predicted octanol–water partition coefficient (Wildman–Crippen LogP) is 1.60. The molecule has 1 amide bonds. The summed E-state index contributed by atoms with van der Waals surface area (Å²) >= 11 is 0. The van der Waals surface area contributed by atoms with E-state index in [9.17, 15) is 9.59 Å². The summed E-state index contributed by atoms with van der Waals surface area (Å²) in [6.07, 6.45) is 0. The lowest BCUT2D eigenvalue weighted by Crippen LogP contribution is -2.33. The Bertz CT molecular complexity index is 728. The fraction of sp³-hybridized carbons (Fsp3) is 0.333. The maximum absolute atomic E-state index is 12.2. The molecule has 0 saturated carbocycles. The number of fused-ring (bicyclic) bond motifs is 1. The first-order valence-corrected chi connectivity index (χ1v) is 7.67. The van der Waals surface area contributed by atoms with Crippen LogP contribution in [0.4, 0.5) is 0 Å². The van der Waals surface area contributed by atoms with Crippen LogP contribution < -0.4 is 10.1 Å². The van der Waals surface area contributed by atoms with E-state index in [1.54, 1.807) is 14.0 Å². The molecule has 0 spiro atoms. The Labute approximate surface area is 140 Å². The summed E-state index contributed by atoms with van der Waals surface area (Å²) < 4.78 is 9.89. The first-order chi connectivity index (χ1) is 11.5. The van der Waals surface area contributed by atoms with Crippen LogP contribution in [0.2, 0.25) is 0 Å². The Morgan fingerprint density at radius 3 is 2.58 bits per heavy atom. The minimum atomic E-state index is -0.574. The van der Waals surface area contributed by atoms with Gasteiger partial charge in [-0.15, -0.1) is 0 Å². The number of methoxy groups -OCH3 is 1. The molecule has 1 unspecified atom stereocenters. The summed E-state index contributed by atoms with van der Waals surface area (Å²) in [4.78, 5) is 23.5. The lowest BCUT2D eigenvalue weighted by molar-refractivity contribution is -0.144. The van der Waals surface area contributed by atoms with Crippen LogP contribution in [0.5, 0.6) is 5.75 Å². The number of ether oxygens (including phenoxy) is 2. The van der Waals surface area contributed by atoms with E-state index in [1.165, 1.54) is 0 Å². The van der Waals surface area contributed by atoms with Crippen molar-refractivity contribution in [3.8, 4) is 5.75 Å². The molecular weight excluding hydrogens is 310 g/mol. The zero-order valence-corrected chi connectivity index (χ0v) is 13.7. The van der Waals surface area contributed by atoms with Crippen molar-refractivity contribution in [2.45, 2.75) is 12.8 Å². The van der Waals surface area contributed by atoms with Gasteiger partial charge in [0.2, 0.25) is 5.91 Å². The Morgan fingerprint density at radius 2 is 1.88 bits per heavy atom. The third-order valence-electron chi connectivity index (χ3n) is 3.73. The molecule has 6 nitrogen and oxygen atoms in total. The topological polar surface area (TPSA) is 84.9 Å². The molecule has 6 heteroatoms. The van der Waals surface area contributed by atoms with Crippen molar-refractivity contribution in [3.63, 3.8) is 0 Å². The summed E-state index contributed by atoms with van der Waals surface area (Å²) in [5.74, 6) is -0.455. The normalized spacial score (nSPS) is 11.8. The molecular formula is C18H21NO5. The second-order valence-corrected chi connectivity index (χ2v) is 5.36. The van der Waals surface area contributed by atoms with Gasteiger partial charge in [-0.3, -0.25) is 9.59 Å². The van der Waals surface area contributed by atoms with Crippen LogP contribution in [0.25, 0.3) is 10.8 Å². The van der Waals surface area contributed by atoms with Gasteiger partial charge < -0.3 is 19.9 Å². The molecule has 0 aliphatic heterocycles. The Kier molecular flexibility index (Phi) is 6.14. The Morgan fingerprint density at radius 1 is 1.17 bits per heavy atom. The van der Waals surface area contributed by atoms with Gasteiger partial charge in [-0.1, -0.05) is 24.3 Å². The van der Waals surface area contributed by atoms with Crippen LogP contribution >= 0.6 is 0 Å². The third-order valence-corrected chi connectivity index (χ3v) is 3.73. The fourth-order valence-corrected chi connectivity index (χ4v) is 2.31. The van der Waals surface area contributed by atoms with Gasteiger partial charge >= 0.3 is 5.97 Å². The fourth-order valence-electron chi connectivity index (χ4n) is 2.31. The lowest BCUT2D eigenvalue weighted by Gasteiger charge is -2.13. The molecule has 0 bridgehead atoms. The first-order valence-electron chi connectivity index (χ1n) is 7.67. The van der Waals surface area contributed by atoms with Gasteiger partial charge in [-0.2, -0.15) is 0 Å². The Balaban J connectivity index is 2.03. The van der Waals surface area contributed by atoms with Crippen LogP contribution in [-0.4, -0.2) is 43.9 Å². The average molecular weight is 331 g/mol. The second kappa shape index (κ2) is 8.31. The smallest absolute Gasteiger partial charge is 0.325 e. The number of carbonyl (C=O) groups excluding carboxylic acids is 2. The molecule has 2 N–H and O–H groups in total. The highest BCUT2D eigenvalue weighted by Gasteiger charge is 2.16. The number of benzene rings is 2. The summed E-state index contributed by atoms with van der Waals surface area (Å²) in [5.41, 5.74) is 0.855. The molecule has 0 aliphatic carbocycles. The highest BCUT2D eigenvalue weighted by Crippen LogP contribution is 2.25. The zero-order chi connectivity index (χ0) is 17.5. The van der Waals surface area contributed by atoms with Gasteiger partial charge in [0.15, 0.2) is 0 Å². The molecule has 0 heterocycles. The second-order valence-electron chi connectivity index (χ2n) is 5.36. The number of aliphatic hydroxyl groups excluding tert-OH is 1. The summed E-state index contributed by atoms with van der Waals surface area (Å²) in [7, 11) is 1.62. The molecule has 2 aromatic rings. The van der Waals surface area contributed by atoms with Gasteiger partial charge in [-0.05, 0) is 35.4 Å².